The van der Waals surface area contributed by atoms with Gasteiger partial charge in [-0.25, -0.2) is 0 Å². The summed E-state index contributed by atoms with van der Waals surface area (Å²) >= 11 is 3.11. The standard InChI is InChI=1S/C27H25N3O7S4/c31-40(32,33)15-3-12-29-21-17-19(28-10-1-2-11-28)5-7-23(21)38-25(29)18-26-30(13-4-16-41(34,35)36)27-20-9-14-37-22(20)6-8-24(27)39-26/h1-2,5-11,14,17-18H,3-4,12-13,15-16H2,(H-,31,32,33,34,35,36)/p+1. The first kappa shape index (κ1) is 28.0. The zero-order valence-corrected chi connectivity index (χ0v) is 24.8. The van der Waals surface area contributed by atoms with Crippen LogP contribution in [0.2, 0.25) is 0 Å². The summed E-state index contributed by atoms with van der Waals surface area (Å²) in [5, 5.41) is 2.64. The van der Waals surface area contributed by atoms with Crippen molar-refractivity contribution in [2.75, 3.05) is 23.0 Å². The molecular formula is C27H26N3O7S4+. The fraction of sp³-hybridized carbons (Fsp3) is 0.222. The molecule has 0 unspecified atom stereocenters. The van der Waals surface area contributed by atoms with Crippen LogP contribution in [0.3, 0.4) is 0 Å². The molecule has 0 fully saturated rings. The highest BCUT2D eigenvalue weighted by Crippen LogP contribution is 2.48. The smallest absolute Gasteiger partial charge is 0.265 e. The van der Waals surface area contributed by atoms with Gasteiger partial charge in [0.1, 0.15) is 10.3 Å². The third-order valence-electron chi connectivity index (χ3n) is 6.75. The number of rotatable bonds is 10. The second-order valence-electron chi connectivity index (χ2n) is 9.59. The van der Waals surface area contributed by atoms with Crippen LogP contribution < -0.4 is 9.47 Å². The minimum atomic E-state index is -4.12. The Hall–Kier alpha value is -3.14. The molecule has 0 spiro atoms. The highest BCUT2D eigenvalue weighted by molar-refractivity contribution is 8.04. The predicted octanol–water partition coefficient (Wildman–Crippen LogP) is 5.19. The number of thiazole rings is 1. The molecule has 0 atom stereocenters. The van der Waals surface area contributed by atoms with Crippen molar-refractivity contribution in [2.45, 2.75) is 24.3 Å². The first-order chi connectivity index (χ1) is 19.6. The lowest BCUT2D eigenvalue weighted by Gasteiger charge is -2.20. The van der Waals surface area contributed by atoms with Gasteiger partial charge < -0.3 is 13.9 Å². The van der Waals surface area contributed by atoms with Crippen molar-refractivity contribution < 1.29 is 34.9 Å². The van der Waals surface area contributed by atoms with E-state index in [1.165, 1.54) is 0 Å². The number of anilines is 1. The quantitative estimate of drug-likeness (QED) is 0.158. The molecule has 0 aliphatic carbocycles. The number of hydrogen-bond acceptors (Lipinski definition) is 8. The molecule has 2 N–H and O–H groups in total. The van der Waals surface area contributed by atoms with Gasteiger partial charge >= 0.3 is 0 Å². The fourth-order valence-electron chi connectivity index (χ4n) is 4.99. The number of benzene rings is 2. The van der Waals surface area contributed by atoms with Gasteiger partial charge in [0.05, 0.1) is 39.9 Å². The first-order valence-electron chi connectivity index (χ1n) is 12.7. The lowest BCUT2D eigenvalue weighted by Crippen LogP contribution is -2.36. The molecule has 14 heteroatoms. The minimum absolute atomic E-state index is 0.214. The van der Waals surface area contributed by atoms with Gasteiger partial charge in [0, 0.05) is 35.9 Å². The molecule has 5 aromatic rings. The number of nitrogens with zero attached hydrogens (tertiary/aromatic N) is 3. The molecule has 0 saturated carbocycles. The van der Waals surface area contributed by atoms with Crippen LogP contribution in [0.1, 0.15) is 17.8 Å². The van der Waals surface area contributed by atoms with Crippen molar-refractivity contribution in [3.05, 3.63) is 77.2 Å². The molecule has 0 amide bonds. The third-order valence-corrected chi connectivity index (χ3v) is 10.6. The third kappa shape index (κ3) is 6.08. The molecule has 0 saturated heterocycles. The van der Waals surface area contributed by atoms with Crippen molar-refractivity contribution in [1.82, 2.24) is 4.57 Å². The van der Waals surface area contributed by atoms with Crippen molar-refractivity contribution in [2.24, 2.45) is 0 Å². The lowest BCUT2D eigenvalue weighted by atomic mass is 10.2. The van der Waals surface area contributed by atoms with Gasteiger partial charge in [0.25, 0.3) is 25.2 Å². The molecule has 3 aromatic heterocycles. The topological polar surface area (TPSA) is 134 Å². The summed E-state index contributed by atoms with van der Waals surface area (Å²) in [6.45, 7) is 0.710. The predicted molar refractivity (Wildman–Crippen MR) is 161 cm³/mol. The molecule has 41 heavy (non-hydrogen) atoms. The average Bonchev–Trinajstić information content (AvgIpc) is 3.69. The van der Waals surface area contributed by atoms with Crippen LogP contribution >= 0.6 is 23.1 Å². The van der Waals surface area contributed by atoms with E-state index in [2.05, 4.69) is 11.0 Å². The number of aromatic nitrogens is 2. The molecule has 10 nitrogen and oxygen atoms in total. The molecule has 214 valence electrons. The first-order valence-corrected chi connectivity index (χ1v) is 17.6. The Morgan fingerprint density at radius 1 is 0.951 bits per heavy atom. The number of thioether (sulfide) groups is 1. The van der Waals surface area contributed by atoms with Gasteiger partial charge in [0.15, 0.2) is 6.54 Å². The van der Waals surface area contributed by atoms with E-state index in [9.17, 15) is 25.9 Å². The van der Waals surface area contributed by atoms with E-state index in [0.29, 0.717) is 18.7 Å². The SMILES string of the molecule is O=S(=O)(O)CCCN1C(=Cc2sc3ccc4occc4c3[n+]2CCCS(=O)(=O)O)Sc2ccc(-n3cccc3)cc21. The summed E-state index contributed by atoms with van der Waals surface area (Å²) in [6, 6.07) is 15.7. The summed E-state index contributed by atoms with van der Waals surface area (Å²) in [5.74, 6) is -0.718. The summed E-state index contributed by atoms with van der Waals surface area (Å²) in [5.41, 5.74) is 3.51. The highest BCUT2D eigenvalue weighted by atomic mass is 32.2. The molecule has 0 radical (unpaired) electrons. The average molecular weight is 633 g/mol. The Kier molecular flexibility index (Phi) is 7.46. The Bertz CT molecular complexity index is 1990. The minimum Gasteiger partial charge on any atom is -0.464 e. The molecule has 4 heterocycles. The molecule has 6 rings (SSSR count). The summed E-state index contributed by atoms with van der Waals surface area (Å²) < 4.78 is 75.2. The second-order valence-corrected chi connectivity index (χ2v) is 14.9. The number of fused-ring (bicyclic) bond motifs is 4. The second kappa shape index (κ2) is 10.9. The van der Waals surface area contributed by atoms with E-state index in [0.717, 1.165) is 41.9 Å². The fourth-order valence-corrected chi connectivity index (χ4v) is 8.30. The van der Waals surface area contributed by atoms with Gasteiger partial charge in [-0.1, -0.05) is 23.1 Å². The van der Waals surface area contributed by atoms with Gasteiger partial charge in [-0.3, -0.25) is 9.11 Å². The van der Waals surface area contributed by atoms with Crippen molar-refractivity contribution in [1.29, 1.82) is 0 Å². The van der Waals surface area contributed by atoms with Crippen LogP contribution in [0, 0.1) is 0 Å². The lowest BCUT2D eigenvalue weighted by molar-refractivity contribution is -0.667. The van der Waals surface area contributed by atoms with Crippen LogP contribution in [0.5, 0.6) is 0 Å². The normalized spacial score (nSPS) is 15.0. The Labute approximate surface area is 245 Å². The van der Waals surface area contributed by atoms with E-state index < -0.39 is 20.2 Å². The van der Waals surface area contributed by atoms with Crippen LogP contribution in [0.25, 0.3) is 32.9 Å². The van der Waals surface area contributed by atoms with E-state index in [-0.39, 0.29) is 24.3 Å². The zero-order valence-electron chi connectivity index (χ0n) is 21.6. The Balaban J connectivity index is 1.43. The molecule has 1 aliphatic heterocycles. The summed E-state index contributed by atoms with van der Waals surface area (Å²) in [6.07, 6.45) is 7.98. The maximum atomic E-state index is 11.5. The maximum Gasteiger partial charge on any atom is 0.265 e. The van der Waals surface area contributed by atoms with Crippen molar-refractivity contribution in [3.8, 4) is 5.69 Å². The van der Waals surface area contributed by atoms with Gasteiger partial charge in [-0.15, -0.1) is 0 Å². The van der Waals surface area contributed by atoms with E-state index in [1.807, 2.05) is 70.1 Å². The van der Waals surface area contributed by atoms with Crippen LogP contribution in [0.15, 0.2) is 81.5 Å². The number of aryl methyl sites for hydroxylation is 1. The van der Waals surface area contributed by atoms with Crippen LogP contribution in [-0.4, -0.2) is 48.6 Å². The monoisotopic (exact) mass is 632 g/mol. The van der Waals surface area contributed by atoms with Crippen LogP contribution in [-0.2, 0) is 26.8 Å². The summed E-state index contributed by atoms with van der Waals surface area (Å²) in [7, 11) is -8.23. The zero-order chi connectivity index (χ0) is 28.8. The van der Waals surface area contributed by atoms with Crippen LogP contribution in [0.4, 0.5) is 5.69 Å². The molecule has 1 aliphatic rings. The van der Waals surface area contributed by atoms with Crippen molar-refractivity contribution in [3.63, 3.8) is 0 Å². The maximum absolute atomic E-state index is 11.5. The van der Waals surface area contributed by atoms with Gasteiger partial charge in [-0.05, 0) is 55.0 Å². The number of hydrogen-bond donors (Lipinski definition) is 2. The van der Waals surface area contributed by atoms with Gasteiger partial charge in [0.2, 0.25) is 5.52 Å². The van der Waals surface area contributed by atoms with E-state index in [1.54, 1.807) is 29.4 Å². The van der Waals surface area contributed by atoms with E-state index >= 15 is 0 Å². The van der Waals surface area contributed by atoms with E-state index in [4.69, 9.17) is 4.42 Å². The largest absolute Gasteiger partial charge is 0.464 e. The summed E-state index contributed by atoms with van der Waals surface area (Å²) in [4.78, 5) is 3.06. The highest BCUT2D eigenvalue weighted by Gasteiger charge is 2.29. The molecular weight excluding hydrogens is 607 g/mol. The molecule has 0 bridgehead atoms. The number of furan rings is 1. The van der Waals surface area contributed by atoms with Crippen molar-refractivity contribution >= 4 is 76.3 Å². The molecule has 2 aromatic carbocycles. The Morgan fingerprint density at radius 2 is 1.71 bits per heavy atom. The van der Waals surface area contributed by atoms with Gasteiger partial charge in [-0.2, -0.15) is 21.4 Å². The Morgan fingerprint density at radius 3 is 2.46 bits per heavy atom.